The van der Waals surface area contributed by atoms with Crippen LogP contribution in [0.3, 0.4) is 0 Å². The van der Waals surface area contributed by atoms with E-state index in [1.54, 1.807) is 23.5 Å². The monoisotopic (exact) mass is 262 g/mol. The van der Waals surface area contributed by atoms with Crippen LogP contribution in [0.2, 0.25) is 5.02 Å². The Labute approximate surface area is 106 Å². The fourth-order valence-corrected chi connectivity index (χ4v) is 2.18. The van der Waals surface area contributed by atoms with Crippen molar-refractivity contribution in [1.29, 1.82) is 0 Å². The maximum atomic E-state index is 5.82. The molecule has 0 saturated carbocycles. The molecule has 1 aromatic carbocycles. The summed E-state index contributed by atoms with van der Waals surface area (Å²) in [5.74, 6) is 0.634. The van der Waals surface area contributed by atoms with Gasteiger partial charge in [0.25, 0.3) is 0 Å². The van der Waals surface area contributed by atoms with Gasteiger partial charge >= 0.3 is 0 Å². The molecule has 0 N–H and O–H groups in total. The molecule has 0 unspecified atom stereocenters. The van der Waals surface area contributed by atoms with Gasteiger partial charge in [-0.2, -0.15) is 0 Å². The highest BCUT2D eigenvalue weighted by Crippen LogP contribution is 2.20. The molecule has 17 heavy (non-hydrogen) atoms. The Morgan fingerprint density at radius 2 is 1.94 bits per heavy atom. The van der Waals surface area contributed by atoms with Crippen LogP contribution in [-0.2, 0) is 0 Å². The van der Waals surface area contributed by atoms with Gasteiger partial charge in [-0.1, -0.05) is 17.7 Å². The largest absolute Gasteiger partial charge is 0.215 e. The van der Waals surface area contributed by atoms with Crippen molar-refractivity contribution in [1.82, 2.24) is 20.2 Å². The van der Waals surface area contributed by atoms with Gasteiger partial charge in [-0.25, -0.2) is 0 Å². The lowest BCUT2D eigenvalue weighted by Gasteiger charge is -1.96. The maximum absolute atomic E-state index is 5.82. The normalized spacial score (nSPS) is 10.6. The zero-order chi connectivity index (χ0) is 11.7. The summed E-state index contributed by atoms with van der Waals surface area (Å²) in [5.41, 5.74) is 0.838. The van der Waals surface area contributed by atoms with Crippen molar-refractivity contribution < 1.29 is 0 Å². The third-order valence-corrected chi connectivity index (χ3v) is 3.33. The van der Waals surface area contributed by atoms with Gasteiger partial charge in [0.15, 0.2) is 0 Å². The summed E-state index contributed by atoms with van der Waals surface area (Å²) in [6.07, 6.45) is 0. The van der Waals surface area contributed by atoms with E-state index in [1.807, 2.05) is 29.6 Å². The number of hydrogen-bond donors (Lipinski definition) is 0. The summed E-state index contributed by atoms with van der Waals surface area (Å²) in [6, 6.07) is 11.2. The Bertz CT molecular complexity index is 615. The summed E-state index contributed by atoms with van der Waals surface area (Å²) in [5, 5.41) is 15.0. The van der Waals surface area contributed by atoms with Gasteiger partial charge in [-0.3, -0.25) is 0 Å². The molecule has 84 valence electrons. The Kier molecular flexibility index (Phi) is 2.62. The zero-order valence-electron chi connectivity index (χ0n) is 8.62. The van der Waals surface area contributed by atoms with Crippen LogP contribution in [0.1, 0.15) is 0 Å². The van der Waals surface area contributed by atoms with Gasteiger partial charge in [0.2, 0.25) is 5.82 Å². The lowest BCUT2D eigenvalue weighted by molar-refractivity contribution is 0.720. The van der Waals surface area contributed by atoms with Gasteiger partial charge in [0, 0.05) is 5.02 Å². The van der Waals surface area contributed by atoms with Gasteiger partial charge < -0.3 is 0 Å². The van der Waals surface area contributed by atoms with Crippen molar-refractivity contribution >= 4 is 22.9 Å². The Morgan fingerprint density at radius 3 is 2.65 bits per heavy atom. The summed E-state index contributed by atoms with van der Waals surface area (Å²) < 4.78 is 0. The van der Waals surface area contributed by atoms with Gasteiger partial charge in [0.05, 0.1) is 10.6 Å². The average Bonchev–Trinajstić information content (AvgIpc) is 3.00. The quantitative estimate of drug-likeness (QED) is 0.713. The minimum atomic E-state index is 0.634. The predicted molar refractivity (Wildman–Crippen MR) is 67.5 cm³/mol. The van der Waals surface area contributed by atoms with Crippen LogP contribution in [0.25, 0.3) is 16.4 Å². The van der Waals surface area contributed by atoms with E-state index in [9.17, 15) is 0 Å². The van der Waals surface area contributed by atoms with Crippen LogP contribution >= 0.6 is 22.9 Å². The van der Waals surface area contributed by atoms with Crippen LogP contribution < -0.4 is 0 Å². The molecule has 4 nitrogen and oxygen atoms in total. The Morgan fingerprint density at radius 1 is 1.12 bits per heavy atom. The van der Waals surface area contributed by atoms with Gasteiger partial charge in [-0.15, -0.1) is 26.3 Å². The maximum Gasteiger partial charge on any atom is 0.215 e. The van der Waals surface area contributed by atoms with Crippen LogP contribution in [0, 0.1) is 0 Å². The van der Waals surface area contributed by atoms with E-state index in [-0.39, 0.29) is 0 Å². The molecule has 0 aliphatic heterocycles. The van der Waals surface area contributed by atoms with E-state index >= 15 is 0 Å². The molecule has 0 aliphatic rings. The van der Waals surface area contributed by atoms with Crippen LogP contribution in [0.15, 0.2) is 41.8 Å². The van der Waals surface area contributed by atoms with Crippen LogP contribution in [0.4, 0.5) is 0 Å². The van der Waals surface area contributed by atoms with Gasteiger partial charge in [0.1, 0.15) is 0 Å². The van der Waals surface area contributed by atoms with Gasteiger partial charge in [-0.05, 0) is 40.9 Å². The highest BCUT2D eigenvalue weighted by atomic mass is 35.5. The third-order valence-electron chi connectivity index (χ3n) is 2.21. The van der Waals surface area contributed by atoms with Crippen molar-refractivity contribution in [3.05, 3.63) is 46.8 Å². The SMILES string of the molecule is Clc1ccc(-n2nnc(-c3cccs3)n2)cc1. The molecule has 0 amide bonds. The van der Waals surface area contributed by atoms with E-state index in [1.165, 1.54) is 4.80 Å². The molecule has 3 rings (SSSR count). The molecule has 2 aromatic heterocycles. The van der Waals surface area contributed by atoms with Crippen LogP contribution in [0.5, 0.6) is 0 Å². The Balaban J connectivity index is 1.98. The first kappa shape index (κ1) is 10.4. The number of tetrazole rings is 1. The number of thiophene rings is 1. The molecule has 0 radical (unpaired) electrons. The molecule has 3 aromatic rings. The number of halogens is 1. The smallest absolute Gasteiger partial charge is 0.140 e. The molecule has 0 atom stereocenters. The van der Waals surface area contributed by atoms with E-state index in [0.29, 0.717) is 10.8 Å². The summed E-state index contributed by atoms with van der Waals surface area (Å²) in [6.45, 7) is 0. The molecule has 0 aliphatic carbocycles. The first-order chi connectivity index (χ1) is 8.33. The van der Waals surface area contributed by atoms with E-state index < -0.39 is 0 Å². The summed E-state index contributed by atoms with van der Waals surface area (Å²) in [4.78, 5) is 2.50. The standard InChI is InChI=1S/C11H7ClN4S/c12-8-3-5-9(6-4-8)16-14-11(13-15-16)10-2-1-7-17-10/h1-7H. The zero-order valence-corrected chi connectivity index (χ0v) is 10.2. The second kappa shape index (κ2) is 4.27. The van der Waals surface area contributed by atoms with Crippen molar-refractivity contribution in [2.45, 2.75) is 0 Å². The fraction of sp³-hybridized carbons (Fsp3) is 0. The fourth-order valence-electron chi connectivity index (χ4n) is 1.40. The molecule has 0 bridgehead atoms. The lowest BCUT2D eigenvalue weighted by atomic mass is 10.3. The molecule has 0 spiro atoms. The minimum absolute atomic E-state index is 0.634. The highest BCUT2D eigenvalue weighted by Gasteiger charge is 2.07. The number of benzene rings is 1. The number of nitrogens with zero attached hydrogens (tertiary/aromatic N) is 4. The van der Waals surface area contributed by atoms with E-state index in [2.05, 4.69) is 15.4 Å². The second-order valence-corrected chi connectivity index (χ2v) is 4.74. The second-order valence-electron chi connectivity index (χ2n) is 3.36. The molecule has 2 heterocycles. The third kappa shape index (κ3) is 2.07. The molecular weight excluding hydrogens is 256 g/mol. The lowest BCUT2D eigenvalue weighted by Crippen LogP contribution is -1.98. The first-order valence-corrected chi connectivity index (χ1v) is 6.18. The van der Waals surface area contributed by atoms with E-state index in [4.69, 9.17) is 11.6 Å². The number of hydrogen-bond acceptors (Lipinski definition) is 4. The molecular formula is C11H7ClN4S. The van der Waals surface area contributed by atoms with Crippen molar-refractivity contribution in [3.8, 4) is 16.4 Å². The number of rotatable bonds is 2. The summed E-state index contributed by atoms with van der Waals surface area (Å²) >= 11 is 7.41. The predicted octanol–water partition coefficient (Wildman–Crippen LogP) is 3.04. The van der Waals surface area contributed by atoms with Crippen molar-refractivity contribution in [2.75, 3.05) is 0 Å². The topological polar surface area (TPSA) is 43.6 Å². The van der Waals surface area contributed by atoms with Crippen LogP contribution in [-0.4, -0.2) is 20.2 Å². The number of aromatic nitrogens is 4. The molecule has 6 heteroatoms. The average molecular weight is 263 g/mol. The van der Waals surface area contributed by atoms with Crippen molar-refractivity contribution in [3.63, 3.8) is 0 Å². The van der Waals surface area contributed by atoms with E-state index in [0.717, 1.165) is 10.6 Å². The molecule has 0 fully saturated rings. The minimum Gasteiger partial charge on any atom is -0.140 e. The Hall–Kier alpha value is -1.72. The van der Waals surface area contributed by atoms with Crippen molar-refractivity contribution in [2.24, 2.45) is 0 Å². The first-order valence-electron chi connectivity index (χ1n) is 4.93. The highest BCUT2D eigenvalue weighted by molar-refractivity contribution is 7.13. The summed E-state index contributed by atoms with van der Waals surface area (Å²) in [7, 11) is 0. The molecule has 0 saturated heterocycles.